The number of hydrogen-bond donors (Lipinski definition) is 1. The van der Waals surface area contributed by atoms with Gasteiger partial charge < -0.3 is 14.5 Å². The van der Waals surface area contributed by atoms with E-state index in [0.29, 0.717) is 46.3 Å². The summed E-state index contributed by atoms with van der Waals surface area (Å²) in [4.78, 5) is 27.3. The van der Waals surface area contributed by atoms with E-state index in [2.05, 4.69) is 19.9 Å². The molecule has 7 nitrogen and oxygen atoms in total. The number of rotatable bonds is 6. The minimum atomic E-state index is -0.251. The third-order valence-corrected chi connectivity index (χ3v) is 5.08. The molecule has 1 N–H and O–H groups in total. The van der Waals surface area contributed by atoms with Crippen LogP contribution in [0.3, 0.4) is 0 Å². The van der Waals surface area contributed by atoms with E-state index in [1.54, 1.807) is 26.4 Å². The summed E-state index contributed by atoms with van der Waals surface area (Å²) >= 11 is 6.25. The van der Waals surface area contributed by atoms with Gasteiger partial charge in [-0.25, -0.2) is 4.98 Å². The molecule has 144 valence electrons. The fourth-order valence-corrected chi connectivity index (χ4v) is 3.33. The molecule has 3 aromatic rings. The van der Waals surface area contributed by atoms with Crippen molar-refractivity contribution in [3.63, 3.8) is 0 Å². The predicted octanol–water partition coefficient (Wildman–Crippen LogP) is 3.38. The van der Waals surface area contributed by atoms with Crippen molar-refractivity contribution in [2.24, 2.45) is 5.92 Å². The first-order chi connectivity index (χ1) is 13.5. The third kappa shape index (κ3) is 3.84. The Morgan fingerprint density at radius 2 is 2.11 bits per heavy atom. The van der Waals surface area contributed by atoms with Crippen LogP contribution in [0.5, 0.6) is 11.6 Å². The summed E-state index contributed by atoms with van der Waals surface area (Å²) in [5.41, 5.74) is 1.93. The van der Waals surface area contributed by atoms with E-state index in [-0.39, 0.29) is 5.56 Å². The normalized spacial score (nSPS) is 18.0. The Bertz CT molecular complexity index is 1050. The molecule has 0 bridgehead atoms. The van der Waals surface area contributed by atoms with E-state index in [1.165, 1.54) is 12.3 Å². The highest BCUT2D eigenvalue weighted by atomic mass is 35.5. The lowest BCUT2D eigenvalue weighted by molar-refractivity contribution is 0.285. The lowest BCUT2D eigenvalue weighted by atomic mass is 10.1. The lowest BCUT2D eigenvalue weighted by Crippen LogP contribution is -2.08. The highest BCUT2D eigenvalue weighted by Gasteiger charge is 2.40. The zero-order valence-electron chi connectivity index (χ0n) is 15.5. The van der Waals surface area contributed by atoms with Gasteiger partial charge in [-0.2, -0.15) is 4.98 Å². The maximum Gasteiger partial charge on any atom is 0.248 e. The number of aromatic nitrogens is 4. The van der Waals surface area contributed by atoms with Crippen LogP contribution in [0.1, 0.15) is 23.9 Å². The quantitative estimate of drug-likeness (QED) is 0.684. The van der Waals surface area contributed by atoms with Gasteiger partial charge >= 0.3 is 0 Å². The molecule has 0 amide bonds. The number of pyridine rings is 2. The van der Waals surface area contributed by atoms with Crippen molar-refractivity contribution in [2.75, 3.05) is 13.7 Å². The molecule has 8 heteroatoms. The maximum atomic E-state index is 11.7. The largest absolute Gasteiger partial charge is 0.495 e. The fraction of sp³-hybridized carbons (Fsp3) is 0.300. The monoisotopic (exact) mass is 398 g/mol. The van der Waals surface area contributed by atoms with E-state index in [0.717, 1.165) is 17.9 Å². The molecule has 2 atom stereocenters. The van der Waals surface area contributed by atoms with Gasteiger partial charge in [0.05, 0.1) is 30.5 Å². The summed E-state index contributed by atoms with van der Waals surface area (Å²) in [7, 11) is 1.62. The van der Waals surface area contributed by atoms with Gasteiger partial charge in [0.25, 0.3) is 0 Å². The Morgan fingerprint density at radius 1 is 1.25 bits per heavy atom. The second kappa shape index (κ2) is 7.59. The third-order valence-electron chi connectivity index (χ3n) is 4.77. The fourth-order valence-electron chi connectivity index (χ4n) is 3.12. The molecular formula is C20H19ClN4O3. The van der Waals surface area contributed by atoms with Crippen LogP contribution < -0.4 is 15.0 Å². The van der Waals surface area contributed by atoms with Crippen molar-refractivity contribution in [1.29, 1.82) is 0 Å². The number of aryl methyl sites for hydroxylation is 1. The first-order valence-electron chi connectivity index (χ1n) is 8.90. The second-order valence-corrected chi connectivity index (χ2v) is 7.14. The van der Waals surface area contributed by atoms with Crippen LogP contribution in [-0.4, -0.2) is 33.7 Å². The zero-order valence-corrected chi connectivity index (χ0v) is 16.2. The number of ether oxygens (including phenoxy) is 2. The molecule has 1 aliphatic rings. The van der Waals surface area contributed by atoms with E-state index in [1.807, 2.05) is 12.1 Å². The highest BCUT2D eigenvalue weighted by molar-refractivity contribution is 6.33. The molecule has 0 saturated heterocycles. The average Bonchev–Trinajstić information content (AvgIpc) is 3.48. The van der Waals surface area contributed by atoms with E-state index in [4.69, 9.17) is 21.1 Å². The molecule has 0 radical (unpaired) electrons. The molecule has 1 saturated carbocycles. The van der Waals surface area contributed by atoms with Crippen LogP contribution in [0.25, 0.3) is 11.1 Å². The molecule has 3 aromatic heterocycles. The second-order valence-electron chi connectivity index (χ2n) is 6.73. The van der Waals surface area contributed by atoms with Crippen molar-refractivity contribution < 1.29 is 9.47 Å². The van der Waals surface area contributed by atoms with Crippen LogP contribution in [0.15, 0.2) is 41.6 Å². The molecule has 1 fully saturated rings. The molecule has 0 aromatic carbocycles. The van der Waals surface area contributed by atoms with Gasteiger partial charge in [0, 0.05) is 41.6 Å². The smallest absolute Gasteiger partial charge is 0.248 e. The first-order valence-corrected chi connectivity index (χ1v) is 9.28. The number of hydrogen-bond acceptors (Lipinski definition) is 6. The van der Waals surface area contributed by atoms with Gasteiger partial charge in [-0.3, -0.25) is 9.78 Å². The Labute approximate surface area is 166 Å². The Balaban J connectivity index is 1.50. The number of aromatic amines is 1. The van der Waals surface area contributed by atoms with Crippen LogP contribution in [0.4, 0.5) is 0 Å². The number of methoxy groups -OCH3 is 1. The van der Waals surface area contributed by atoms with Crippen molar-refractivity contribution in [2.45, 2.75) is 19.3 Å². The minimum absolute atomic E-state index is 0.251. The Morgan fingerprint density at radius 3 is 2.86 bits per heavy atom. The number of H-pyrrole nitrogens is 1. The molecule has 3 heterocycles. The van der Waals surface area contributed by atoms with Crippen LogP contribution in [-0.2, 0) is 0 Å². The van der Waals surface area contributed by atoms with E-state index < -0.39 is 0 Å². The van der Waals surface area contributed by atoms with Gasteiger partial charge in [0.1, 0.15) is 11.6 Å². The summed E-state index contributed by atoms with van der Waals surface area (Å²) < 4.78 is 11.2. The lowest BCUT2D eigenvalue weighted by Gasteiger charge is -2.11. The summed E-state index contributed by atoms with van der Waals surface area (Å²) in [5, 5.41) is 0.406. The summed E-state index contributed by atoms with van der Waals surface area (Å²) in [6, 6.07) is 5.32. The molecule has 28 heavy (non-hydrogen) atoms. The van der Waals surface area contributed by atoms with Crippen LogP contribution >= 0.6 is 11.6 Å². The van der Waals surface area contributed by atoms with Crippen LogP contribution in [0, 0.1) is 12.8 Å². The maximum absolute atomic E-state index is 11.7. The molecule has 4 rings (SSSR count). The summed E-state index contributed by atoms with van der Waals surface area (Å²) in [6.07, 6.45) is 5.82. The zero-order chi connectivity index (χ0) is 19.7. The first kappa shape index (κ1) is 18.4. The molecule has 0 unspecified atom stereocenters. The van der Waals surface area contributed by atoms with Gasteiger partial charge in [-0.05, 0) is 25.5 Å². The van der Waals surface area contributed by atoms with E-state index in [9.17, 15) is 4.79 Å². The van der Waals surface area contributed by atoms with Crippen LogP contribution in [0.2, 0.25) is 5.02 Å². The number of nitrogens with zero attached hydrogens (tertiary/aromatic N) is 3. The Kier molecular flexibility index (Phi) is 5.00. The molecule has 0 aliphatic heterocycles. The van der Waals surface area contributed by atoms with Crippen molar-refractivity contribution in [3.05, 3.63) is 63.7 Å². The van der Waals surface area contributed by atoms with Crippen molar-refractivity contribution in [1.82, 2.24) is 19.9 Å². The predicted molar refractivity (Wildman–Crippen MR) is 105 cm³/mol. The standard InChI is InChI=1S/C20H19ClN4O3/c1-11-22-8-16(15-6-19(26)24-9-17(15)21)20(25-11)28-10-12-5-14(12)18-4-3-13(27-2)7-23-18/h3-4,6-9,12,14H,5,10H2,1-2H3,(H,24,26)/t12-,14+/m1/s1. The SMILES string of the molecule is COc1ccc([C@H]2C[C@@H]2COc2nc(C)ncc2-c2cc(=O)[nH]cc2Cl)nc1. The highest BCUT2D eigenvalue weighted by Crippen LogP contribution is 2.47. The summed E-state index contributed by atoms with van der Waals surface area (Å²) in [6.45, 7) is 2.29. The Hall–Kier alpha value is -2.93. The van der Waals surface area contributed by atoms with Gasteiger partial charge in [0.2, 0.25) is 11.4 Å². The van der Waals surface area contributed by atoms with Gasteiger partial charge in [-0.15, -0.1) is 0 Å². The molecule has 1 aliphatic carbocycles. The van der Waals surface area contributed by atoms with Crippen molar-refractivity contribution >= 4 is 11.6 Å². The summed E-state index contributed by atoms with van der Waals surface area (Å²) in [5.74, 6) is 2.48. The van der Waals surface area contributed by atoms with Gasteiger partial charge in [-0.1, -0.05) is 11.6 Å². The van der Waals surface area contributed by atoms with Gasteiger partial charge in [0.15, 0.2) is 0 Å². The topological polar surface area (TPSA) is 90.0 Å². The number of nitrogens with one attached hydrogen (secondary N) is 1. The van der Waals surface area contributed by atoms with E-state index >= 15 is 0 Å². The number of halogens is 1. The van der Waals surface area contributed by atoms with Crippen molar-refractivity contribution in [3.8, 4) is 22.8 Å². The average molecular weight is 399 g/mol. The minimum Gasteiger partial charge on any atom is -0.495 e. The molecule has 0 spiro atoms. The molecular weight excluding hydrogens is 380 g/mol.